The van der Waals surface area contributed by atoms with Gasteiger partial charge in [-0.3, -0.25) is 9.52 Å². The number of rotatable bonds is 6. The first kappa shape index (κ1) is 23.5. The van der Waals surface area contributed by atoms with E-state index in [0.29, 0.717) is 22.6 Å². The van der Waals surface area contributed by atoms with Gasteiger partial charge >= 0.3 is 11.5 Å². The Morgan fingerprint density at radius 3 is 2.25 bits per heavy atom. The van der Waals surface area contributed by atoms with Gasteiger partial charge in [-0.2, -0.15) is 13.2 Å². The van der Waals surface area contributed by atoms with Crippen molar-refractivity contribution in [2.75, 3.05) is 22.4 Å². The number of alkyl halides is 3. The second-order valence-corrected chi connectivity index (χ2v) is 10.4. The first-order valence-electron chi connectivity index (χ1n) is 8.65. The topological polar surface area (TPSA) is 134 Å². The summed E-state index contributed by atoms with van der Waals surface area (Å²) in [6, 6.07) is 5.27. The Kier molecular flexibility index (Phi) is 5.90. The van der Waals surface area contributed by atoms with Crippen molar-refractivity contribution in [1.29, 1.82) is 0 Å². The summed E-state index contributed by atoms with van der Waals surface area (Å²) >= 11 is 0. The van der Waals surface area contributed by atoms with Crippen LogP contribution in [-0.2, 0) is 31.2 Å². The van der Waals surface area contributed by atoms with Crippen LogP contribution in [0, 0.1) is 0 Å². The summed E-state index contributed by atoms with van der Waals surface area (Å²) in [6.45, 7) is -0.429. The molecule has 0 spiro atoms. The number of urea groups is 1. The minimum absolute atomic E-state index is 0.0151. The molecule has 1 fully saturated rings. The van der Waals surface area contributed by atoms with Gasteiger partial charge in [-0.1, -0.05) is 0 Å². The van der Waals surface area contributed by atoms with Gasteiger partial charge < -0.3 is 4.90 Å². The van der Waals surface area contributed by atoms with E-state index in [1.54, 1.807) is 0 Å². The lowest BCUT2D eigenvalue weighted by Crippen LogP contribution is -2.32. The Bertz CT molecular complexity index is 1280. The van der Waals surface area contributed by atoms with Gasteiger partial charge in [0.05, 0.1) is 16.8 Å². The third kappa shape index (κ3) is 4.83. The fourth-order valence-corrected chi connectivity index (χ4v) is 4.13. The van der Waals surface area contributed by atoms with Crippen molar-refractivity contribution in [3.05, 3.63) is 48.2 Å². The summed E-state index contributed by atoms with van der Waals surface area (Å²) in [5.41, 5.74) is -5.13. The number of sulfonamides is 1. The third-order valence-electron chi connectivity index (χ3n) is 4.24. The summed E-state index contributed by atoms with van der Waals surface area (Å²) in [5, 5.41) is 0. The molecule has 3 amide bonds. The number of amides is 3. The number of sulfone groups is 1. The number of nitrogens with one attached hydrogen (secondary N) is 1. The number of halogens is 3. The zero-order valence-electron chi connectivity index (χ0n) is 16.2. The minimum atomic E-state index is -5.57. The van der Waals surface area contributed by atoms with E-state index in [1.165, 1.54) is 18.3 Å². The van der Waals surface area contributed by atoms with Crippen LogP contribution in [0.15, 0.2) is 47.5 Å². The van der Waals surface area contributed by atoms with Crippen LogP contribution in [0.25, 0.3) is 0 Å². The molecule has 0 unspecified atom stereocenters. The molecule has 1 aliphatic rings. The highest BCUT2D eigenvalue weighted by Gasteiger charge is 2.47. The molecule has 0 atom stereocenters. The zero-order valence-corrected chi connectivity index (χ0v) is 17.8. The summed E-state index contributed by atoms with van der Waals surface area (Å²) in [4.78, 5) is 29.7. The fraction of sp³-hybridized carbons (Fsp3) is 0.235. The number of nitrogens with zero attached hydrogens (tertiary/aromatic N) is 3. The van der Waals surface area contributed by atoms with E-state index in [4.69, 9.17) is 0 Å². The number of anilines is 2. The standard InChI is InChI=1S/C17H15F3N4O6S2/c1-31(27,28)22-14-8-11(6-7-21-14)9-23-10-15(25)24(16(23)26)12-2-4-13(5-3-12)32(29,30)17(18,19)20/h2-8H,9-10H2,1H3,(H,21,22). The van der Waals surface area contributed by atoms with E-state index in [0.717, 1.165) is 23.3 Å². The molecular formula is C17H15F3N4O6S2. The fourth-order valence-electron chi connectivity index (χ4n) is 2.87. The number of hydrogen-bond donors (Lipinski definition) is 1. The molecule has 1 saturated heterocycles. The molecule has 2 heterocycles. The van der Waals surface area contributed by atoms with Crippen molar-refractivity contribution >= 4 is 43.3 Å². The van der Waals surface area contributed by atoms with Crippen molar-refractivity contribution in [2.45, 2.75) is 16.9 Å². The number of carbonyl (C=O) groups excluding carboxylic acids is 2. The number of imide groups is 1. The molecule has 172 valence electrons. The Morgan fingerprint density at radius 1 is 1.06 bits per heavy atom. The summed E-state index contributed by atoms with van der Waals surface area (Å²) < 4.78 is 85.7. The monoisotopic (exact) mass is 492 g/mol. The van der Waals surface area contributed by atoms with Gasteiger partial charge in [0.2, 0.25) is 10.0 Å². The second kappa shape index (κ2) is 8.05. The van der Waals surface area contributed by atoms with Crippen LogP contribution < -0.4 is 9.62 Å². The number of hydrogen-bond acceptors (Lipinski definition) is 7. The Labute approximate surface area is 180 Å². The number of pyridine rings is 1. The lowest BCUT2D eigenvalue weighted by Gasteiger charge is -2.18. The number of carbonyl (C=O) groups is 2. The Morgan fingerprint density at radius 2 is 1.69 bits per heavy atom. The first-order chi connectivity index (χ1) is 14.7. The summed E-state index contributed by atoms with van der Waals surface area (Å²) in [5.74, 6) is -0.661. The van der Waals surface area contributed by atoms with Gasteiger partial charge in [0.1, 0.15) is 12.4 Å². The highest BCUT2D eigenvalue weighted by Crippen LogP contribution is 2.32. The van der Waals surface area contributed by atoms with Crippen molar-refractivity contribution < 1.29 is 39.6 Å². The van der Waals surface area contributed by atoms with Gasteiger partial charge in [-0.15, -0.1) is 0 Å². The quantitative estimate of drug-likeness (QED) is 0.607. The molecule has 1 aromatic heterocycles. The van der Waals surface area contributed by atoms with Crippen LogP contribution in [0.3, 0.4) is 0 Å². The summed E-state index contributed by atoms with van der Waals surface area (Å²) in [6.07, 6.45) is 2.25. The Hall–Kier alpha value is -3.20. The van der Waals surface area contributed by atoms with E-state index in [1.807, 2.05) is 0 Å². The van der Waals surface area contributed by atoms with Crippen LogP contribution in [0.1, 0.15) is 5.56 Å². The first-order valence-corrected chi connectivity index (χ1v) is 12.0. The molecule has 0 aliphatic carbocycles. The molecule has 0 saturated carbocycles. The average molecular weight is 492 g/mol. The van der Waals surface area contributed by atoms with E-state index in [9.17, 15) is 39.6 Å². The van der Waals surface area contributed by atoms with Crippen LogP contribution >= 0.6 is 0 Å². The van der Waals surface area contributed by atoms with Gasteiger partial charge in [-0.05, 0) is 42.0 Å². The Balaban J connectivity index is 1.79. The van der Waals surface area contributed by atoms with E-state index >= 15 is 0 Å². The second-order valence-electron chi connectivity index (χ2n) is 6.73. The van der Waals surface area contributed by atoms with E-state index in [-0.39, 0.29) is 24.6 Å². The van der Waals surface area contributed by atoms with Crippen LogP contribution in [-0.4, -0.2) is 57.0 Å². The SMILES string of the molecule is CS(=O)(=O)Nc1cc(CN2CC(=O)N(c3ccc(S(=O)(=O)C(F)(F)F)cc3)C2=O)ccn1. The minimum Gasteiger partial charge on any atom is -0.310 e. The molecule has 3 rings (SSSR count). The highest BCUT2D eigenvalue weighted by atomic mass is 32.2. The molecule has 1 aliphatic heterocycles. The van der Waals surface area contributed by atoms with Crippen LogP contribution in [0.4, 0.5) is 29.5 Å². The number of benzene rings is 1. The molecule has 2 aromatic rings. The maximum atomic E-state index is 12.7. The molecule has 1 aromatic carbocycles. The zero-order chi connectivity index (χ0) is 23.9. The van der Waals surface area contributed by atoms with Crippen LogP contribution in [0.5, 0.6) is 0 Å². The van der Waals surface area contributed by atoms with Gasteiger partial charge in [0.15, 0.2) is 0 Å². The van der Waals surface area contributed by atoms with Crippen molar-refractivity contribution in [3.63, 3.8) is 0 Å². The van der Waals surface area contributed by atoms with Crippen molar-refractivity contribution in [2.24, 2.45) is 0 Å². The molecule has 0 bridgehead atoms. The van der Waals surface area contributed by atoms with Crippen molar-refractivity contribution in [3.8, 4) is 0 Å². The predicted molar refractivity (Wildman–Crippen MR) is 106 cm³/mol. The molecular weight excluding hydrogens is 477 g/mol. The highest BCUT2D eigenvalue weighted by molar-refractivity contribution is 7.92. The third-order valence-corrected chi connectivity index (χ3v) is 6.32. The maximum Gasteiger partial charge on any atom is 0.501 e. The largest absolute Gasteiger partial charge is 0.501 e. The van der Waals surface area contributed by atoms with Crippen LogP contribution in [0.2, 0.25) is 0 Å². The molecule has 15 heteroatoms. The van der Waals surface area contributed by atoms with E-state index in [2.05, 4.69) is 9.71 Å². The lowest BCUT2D eigenvalue weighted by molar-refractivity contribution is -0.116. The van der Waals surface area contributed by atoms with Gasteiger partial charge in [-0.25, -0.2) is 31.5 Å². The number of aromatic nitrogens is 1. The average Bonchev–Trinajstić information content (AvgIpc) is 2.93. The molecule has 1 N–H and O–H groups in total. The molecule has 32 heavy (non-hydrogen) atoms. The predicted octanol–water partition coefficient (Wildman–Crippen LogP) is 1.72. The smallest absolute Gasteiger partial charge is 0.310 e. The van der Waals surface area contributed by atoms with Gasteiger partial charge in [0, 0.05) is 12.7 Å². The lowest BCUT2D eigenvalue weighted by atomic mass is 10.2. The summed E-state index contributed by atoms with van der Waals surface area (Å²) in [7, 11) is -9.14. The molecule has 0 radical (unpaired) electrons. The van der Waals surface area contributed by atoms with E-state index < -0.39 is 42.2 Å². The molecule has 10 nitrogen and oxygen atoms in total. The van der Waals surface area contributed by atoms with Gasteiger partial charge in [0.25, 0.3) is 15.7 Å². The maximum absolute atomic E-state index is 12.7. The van der Waals surface area contributed by atoms with Crippen molar-refractivity contribution in [1.82, 2.24) is 9.88 Å². The normalized spacial score (nSPS) is 15.4.